The second-order valence-electron chi connectivity index (χ2n) is 3.14. The van der Waals surface area contributed by atoms with Crippen LogP contribution in [-0.4, -0.2) is 30.2 Å². The van der Waals surface area contributed by atoms with Gasteiger partial charge in [0.15, 0.2) is 0 Å². The molecule has 1 aromatic heterocycles. The van der Waals surface area contributed by atoms with E-state index in [-0.39, 0.29) is 0 Å². The normalized spacial score (nSPS) is 15.1. The highest BCUT2D eigenvalue weighted by atomic mass is 16.5. The van der Waals surface area contributed by atoms with Gasteiger partial charge in [0.25, 0.3) is 0 Å². The van der Waals surface area contributed by atoms with Crippen molar-refractivity contribution >= 4 is 17.3 Å². The third-order valence-corrected chi connectivity index (χ3v) is 2.08. The molecule has 0 aromatic carbocycles. The van der Waals surface area contributed by atoms with Crippen LogP contribution in [0, 0.1) is 0 Å². The minimum Gasteiger partial charge on any atom is -0.473 e. The van der Waals surface area contributed by atoms with Gasteiger partial charge in [-0.2, -0.15) is 0 Å². The number of ether oxygens (including phenoxy) is 1. The van der Waals surface area contributed by atoms with E-state index in [0.717, 1.165) is 17.1 Å². The van der Waals surface area contributed by atoms with Gasteiger partial charge in [0.2, 0.25) is 5.90 Å². The Morgan fingerprint density at radius 3 is 2.73 bits per heavy atom. The van der Waals surface area contributed by atoms with E-state index in [0.29, 0.717) is 12.5 Å². The van der Waals surface area contributed by atoms with E-state index in [9.17, 15) is 0 Å². The highest BCUT2D eigenvalue weighted by molar-refractivity contribution is 6.02. The Morgan fingerprint density at radius 1 is 1.33 bits per heavy atom. The fraction of sp³-hybridized carbons (Fsp3) is 0.300. The van der Waals surface area contributed by atoms with Gasteiger partial charge in [0, 0.05) is 14.0 Å². The molecular formula is C10H12N4O. The van der Waals surface area contributed by atoms with Crippen molar-refractivity contribution in [3.8, 4) is 0 Å². The number of hydrogen-bond acceptors (Lipinski definition) is 5. The van der Waals surface area contributed by atoms with Gasteiger partial charge in [-0.3, -0.25) is 4.98 Å². The average molecular weight is 204 g/mol. The molecule has 0 aliphatic carbocycles. The summed E-state index contributed by atoms with van der Waals surface area (Å²) < 4.78 is 5.26. The minimum atomic E-state index is 0.432. The van der Waals surface area contributed by atoms with Gasteiger partial charge >= 0.3 is 0 Å². The Kier molecular flexibility index (Phi) is 2.62. The zero-order chi connectivity index (χ0) is 10.7. The summed E-state index contributed by atoms with van der Waals surface area (Å²) in [5.74, 6) is 0.589. The Balaban J connectivity index is 2.23. The van der Waals surface area contributed by atoms with E-state index in [1.54, 1.807) is 13.1 Å². The number of nitrogens with one attached hydrogen (secondary N) is 1. The van der Waals surface area contributed by atoms with Gasteiger partial charge in [0.1, 0.15) is 12.3 Å². The van der Waals surface area contributed by atoms with Crippen molar-refractivity contribution in [1.29, 1.82) is 0 Å². The highest BCUT2D eigenvalue weighted by Crippen LogP contribution is 2.08. The van der Waals surface area contributed by atoms with Crippen LogP contribution in [0.5, 0.6) is 0 Å². The van der Waals surface area contributed by atoms with Crippen molar-refractivity contribution in [2.75, 3.05) is 19.0 Å². The molecule has 2 heterocycles. The summed E-state index contributed by atoms with van der Waals surface area (Å²) in [6.45, 7) is 2.21. The Hall–Kier alpha value is -1.91. The Bertz CT molecular complexity index is 408. The van der Waals surface area contributed by atoms with Crippen molar-refractivity contribution < 1.29 is 4.74 Å². The van der Waals surface area contributed by atoms with Crippen LogP contribution in [0.2, 0.25) is 0 Å². The van der Waals surface area contributed by atoms with Crippen LogP contribution in [0.15, 0.2) is 28.5 Å². The van der Waals surface area contributed by atoms with E-state index >= 15 is 0 Å². The standard InChI is InChI=1S/C10H12N4O/c1-7-13-14-10(6-15-7)9-4-3-8(11-2)5-12-9/h3-5,11H,6H2,1-2H3. The number of pyridine rings is 1. The molecule has 0 amide bonds. The first-order valence-corrected chi connectivity index (χ1v) is 4.67. The third kappa shape index (κ3) is 2.12. The first-order valence-electron chi connectivity index (χ1n) is 4.67. The van der Waals surface area contributed by atoms with Gasteiger partial charge < -0.3 is 10.1 Å². The maximum Gasteiger partial charge on any atom is 0.205 e. The molecule has 2 rings (SSSR count). The molecule has 5 nitrogen and oxygen atoms in total. The highest BCUT2D eigenvalue weighted by Gasteiger charge is 2.10. The fourth-order valence-electron chi connectivity index (χ4n) is 1.20. The summed E-state index contributed by atoms with van der Waals surface area (Å²) in [6, 6.07) is 3.83. The minimum absolute atomic E-state index is 0.432. The Morgan fingerprint density at radius 2 is 2.20 bits per heavy atom. The molecule has 1 N–H and O–H groups in total. The van der Waals surface area contributed by atoms with Crippen LogP contribution in [0.4, 0.5) is 5.69 Å². The smallest absolute Gasteiger partial charge is 0.205 e. The monoisotopic (exact) mass is 204 g/mol. The van der Waals surface area contributed by atoms with E-state index in [1.165, 1.54) is 0 Å². The zero-order valence-corrected chi connectivity index (χ0v) is 8.69. The number of nitrogens with zero attached hydrogens (tertiary/aromatic N) is 3. The van der Waals surface area contributed by atoms with Gasteiger partial charge in [-0.15, -0.1) is 10.2 Å². The molecule has 0 radical (unpaired) electrons. The molecule has 5 heteroatoms. The number of aromatic nitrogens is 1. The van der Waals surface area contributed by atoms with Gasteiger partial charge in [-0.05, 0) is 12.1 Å². The lowest BCUT2D eigenvalue weighted by Crippen LogP contribution is -2.18. The van der Waals surface area contributed by atoms with E-state index < -0.39 is 0 Å². The van der Waals surface area contributed by atoms with E-state index in [4.69, 9.17) is 4.74 Å². The van der Waals surface area contributed by atoms with E-state index in [1.807, 2.05) is 19.2 Å². The summed E-state index contributed by atoms with van der Waals surface area (Å²) in [6.07, 6.45) is 1.75. The summed E-state index contributed by atoms with van der Waals surface area (Å²) in [5, 5.41) is 10.9. The van der Waals surface area contributed by atoms with Gasteiger partial charge in [-0.1, -0.05) is 0 Å². The van der Waals surface area contributed by atoms with Crippen LogP contribution < -0.4 is 5.32 Å². The molecule has 1 aliphatic heterocycles. The maximum absolute atomic E-state index is 5.26. The molecule has 1 aliphatic rings. The van der Waals surface area contributed by atoms with Crippen LogP contribution >= 0.6 is 0 Å². The van der Waals surface area contributed by atoms with Crippen molar-refractivity contribution in [2.24, 2.45) is 10.2 Å². The second kappa shape index (κ2) is 4.08. The summed E-state index contributed by atoms with van der Waals surface area (Å²) in [7, 11) is 1.85. The maximum atomic E-state index is 5.26. The molecule has 78 valence electrons. The molecule has 1 aromatic rings. The van der Waals surface area contributed by atoms with Crippen molar-refractivity contribution in [1.82, 2.24) is 4.98 Å². The third-order valence-electron chi connectivity index (χ3n) is 2.08. The van der Waals surface area contributed by atoms with Crippen LogP contribution in [0.1, 0.15) is 12.6 Å². The first-order chi connectivity index (χ1) is 7.29. The first kappa shape index (κ1) is 9.64. The lowest BCUT2D eigenvalue weighted by molar-refractivity contribution is 0.352. The van der Waals surface area contributed by atoms with Crippen molar-refractivity contribution in [3.05, 3.63) is 24.0 Å². The van der Waals surface area contributed by atoms with Crippen LogP contribution in [0.3, 0.4) is 0 Å². The van der Waals surface area contributed by atoms with Gasteiger partial charge in [-0.25, -0.2) is 0 Å². The lowest BCUT2D eigenvalue weighted by Gasteiger charge is -2.10. The molecule has 0 unspecified atom stereocenters. The molecule has 0 spiro atoms. The molecule has 15 heavy (non-hydrogen) atoms. The second-order valence-corrected chi connectivity index (χ2v) is 3.14. The van der Waals surface area contributed by atoms with Gasteiger partial charge in [0.05, 0.1) is 17.6 Å². The molecule has 0 fully saturated rings. The molecule has 0 saturated carbocycles. The topological polar surface area (TPSA) is 58.9 Å². The summed E-state index contributed by atoms with van der Waals surface area (Å²) >= 11 is 0. The number of hydrogen-bond donors (Lipinski definition) is 1. The van der Waals surface area contributed by atoms with Crippen molar-refractivity contribution in [2.45, 2.75) is 6.92 Å². The Labute approximate surface area is 87.9 Å². The summed E-state index contributed by atoms with van der Waals surface area (Å²) in [4.78, 5) is 4.26. The zero-order valence-electron chi connectivity index (χ0n) is 8.69. The van der Waals surface area contributed by atoms with Crippen LogP contribution in [0.25, 0.3) is 0 Å². The molecular weight excluding hydrogens is 192 g/mol. The van der Waals surface area contributed by atoms with Crippen LogP contribution in [-0.2, 0) is 4.74 Å². The predicted molar refractivity (Wildman–Crippen MR) is 59.4 cm³/mol. The molecule has 0 saturated heterocycles. The van der Waals surface area contributed by atoms with E-state index in [2.05, 4.69) is 20.5 Å². The SMILES string of the molecule is CNc1ccc(C2=NN=C(C)OC2)nc1. The predicted octanol–water partition coefficient (Wildman–Crippen LogP) is 1.28. The number of rotatable bonds is 2. The fourth-order valence-corrected chi connectivity index (χ4v) is 1.20. The largest absolute Gasteiger partial charge is 0.473 e. The molecule has 0 atom stereocenters. The molecule has 0 bridgehead atoms. The lowest BCUT2D eigenvalue weighted by atomic mass is 10.2. The number of anilines is 1. The van der Waals surface area contributed by atoms with Crippen molar-refractivity contribution in [3.63, 3.8) is 0 Å². The summed E-state index contributed by atoms with van der Waals surface area (Å²) in [5.41, 5.74) is 2.52. The quantitative estimate of drug-likeness (QED) is 0.789. The average Bonchev–Trinajstić information content (AvgIpc) is 2.30.